The third kappa shape index (κ3) is 4.84. The van der Waals surface area contributed by atoms with Crippen LogP contribution in [0.15, 0.2) is 24.3 Å². The Balaban J connectivity index is 1.64. The zero-order valence-electron chi connectivity index (χ0n) is 11.8. The number of hydrogen-bond acceptors (Lipinski definition) is 3. The van der Waals surface area contributed by atoms with Gasteiger partial charge in [0.15, 0.2) is 0 Å². The fourth-order valence-electron chi connectivity index (χ4n) is 2.74. The van der Waals surface area contributed by atoms with Crippen LogP contribution in [-0.2, 0) is 15.9 Å². The van der Waals surface area contributed by atoms with Crippen molar-refractivity contribution in [3.63, 3.8) is 0 Å². The van der Waals surface area contributed by atoms with Gasteiger partial charge in [-0.25, -0.2) is 0 Å². The van der Waals surface area contributed by atoms with E-state index in [1.54, 1.807) is 7.11 Å². The van der Waals surface area contributed by atoms with Gasteiger partial charge in [-0.1, -0.05) is 12.1 Å². The lowest BCUT2D eigenvalue weighted by atomic mass is 9.95. The minimum Gasteiger partial charge on any atom is -0.399 e. The first-order valence-electron chi connectivity index (χ1n) is 7.26. The normalized spacial score (nSPS) is 23.4. The molecule has 106 valence electrons. The Labute approximate surface area is 116 Å². The molecular formula is C16H25NO2. The van der Waals surface area contributed by atoms with Gasteiger partial charge in [-0.2, -0.15) is 0 Å². The second-order valence-corrected chi connectivity index (χ2v) is 5.37. The Hall–Kier alpha value is -1.06. The van der Waals surface area contributed by atoms with Crippen molar-refractivity contribution in [1.29, 1.82) is 0 Å². The molecule has 0 aliphatic heterocycles. The Morgan fingerprint density at radius 1 is 1.26 bits per heavy atom. The molecule has 0 amide bonds. The number of benzene rings is 1. The second kappa shape index (κ2) is 7.51. The summed E-state index contributed by atoms with van der Waals surface area (Å²) in [7, 11) is 1.80. The SMILES string of the molecule is COC1CCCC(OCCCc2cccc(N)c2)C1. The molecule has 0 heterocycles. The smallest absolute Gasteiger partial charge is 0.0599 e. The molecule has 2 atom stereocenters. The van der Waals surface area contributed by atoms with E-state index in [1.165, 1.54) is 24.8 Å². The molecule has 0 saturated heterocycles. The molecule has 0 radical (unpaired) electrons. The summed E-state index contributed by atoms with van der Waals surface area (Å²) >= 11 is 0. The molecule has 0 bridgehead atoms. The number of nitrogen functional groups attached to an aromatic ring is 1. The highest BCUT2D eigenvalue weighted by molar-refractivity contribution is 5.40. The first-order valence-corrected chi connectivity index (χ1v) is 7.26. The zero-order chi connectivity index (χ0) is 13.5. The molecule has 3 heteroatoms. The second-order valence-electron chi connectivity index (χ2n) is 5.37. The summed E-state index contributed by atoms with van der Waals surface area (Å²) in [4.78, 5) is 0. The maximum atomic E-state index is 5.96. The van der Waals surface area contributed by atoms with E-state index in [4.69, 9.17) is 15.2 Å². The van der Waals surface area contributed by atoms with Crippen LogP contribution < -0.4 is 5.73 Å². The molecule has 2 unspecified atom stereocenters. The van der Waals surface area contributed by atoms with Crippen LogP contribution in [0, 0.1) is 0 Å². The highest BCUT2D eigenvalue weighted by Crippen LogP contribution is 2.23. The summed E-state index contributed by atoms with van der Waals surface area (Å²) in [5.41, 5.74) is 7.90. The van der Waals surface area contributed by atoms with E-state index in [2.05, 4.69) is 6.07 Å². The number of nitrogens with two attached hydrogens (primary N) is 1. The summed E-state index contributed by atoms with van der Waals surface area (Å²) in [6.45, 7) is 0.829. The molecule has 1 fully saturated rings. The lowest BCUT2D eigenvalue weighted by molar-refractivity contribution is -0.0298. The highest BCUT2D eigenvalue weighted by Gasteiger charge is 2.21. The van der Waals surface area contributed by atoms with E-state index in [0.29, 0.717) is 12.2 Å². The van der Waals surface area contributed by atoms with Crippen LogP contribution in [0.1, 0.15) is 37.7 Å². The summed E-state index contributed by atoms with van der Waals surface area (Å²) < 4.78 is 11.4. The minimum absolute atomic E-state index is 0.388. The van der Waals surface area contributed by atoms with Gasteiger partial charge in [-0.15, -0.1) is 0 Å². The van der Waals surface area contributed by atoms with E-state index in [9.17, 15) is 0 Å². The summed E-state index contributed by atoms with van der Waals surface area (Å²) in [5, 5.41) is 0. The summed E-state index contributed by atoms with van der Waals surface area (Å²) in [5.74, 6) is 0. The van der Waals surface area contributed by atoms with E-state index < -0.39 is 0 Å². The van der Waals surface area contributed by atoms with Crippen molar-refractivity contribution in [2.75, 3.05) is 19.5 Å². The number of aryl methyl sites for hydroxylation is 1. The molecule has 19 heavy (non-hydrogen) atoms. The summed E-state index contributed by atoms with van der Waals surface area (Å²) in [6.07, 6.45) is 7.50. The molecule has 1 aromatic carbocycles. The number of anilines is 1. The molecule has 2 N–H and O–H groups in total. The molecule has 0 spiro atoms. The van der Waals surface area contributed by atoms with Crippen molar-refractivity contribution >= 4 is 5.69 Å². The summed E-state index contributed by atoms with van der Waals surface area (Å²) in [6, 6.07) is 8.10. The average molecular weight is 263 g/mol. The number of rotatable bonds is 6. The van der Waals surface area contributed by atoms with Gasteiger partial charge in [-0.05, 0) is 56.2 Å². The number of ether oxygens (including phenoxy) is 2. The standard InChI is InChI=1S/C16H25NO2/c1-18-15-8-3-9-16(12-15)19-10-4-6-13-5-2-7-14(17)11-13/h2,5,7,11,15-16H,3-4,6,8-10,12,17H2,1H3. The Bertz CT molecular complexity index is 381. The predicted molar refractivity (Wildman–Crippen MR) is 78.2 cm³/mol. The van der Waals surface area contributed by atoms with Gasteiger partial charge in [-0.3, -0.25) is 0 Å². The van der Waals surface area contributed by atoms with Gasteiger partial charge in [0.05, 0.1) is 12.2 Å². The quantitative estimate of drug-likeness (QED) is 0.633. The van der Waals surface area contributed by atoms with Crippen molar-refractivity contribution < 1.29 is 9.47 Å². The van der Waals surface area contributed by atoms with Gasteiger partial charge in [0.25, 0.3) is 0 Å². The van der Waals surface area contributed by atoms with Gasteiger partial charge >= 0.3 is 0 Å². The molecule has 1 aromatic rings. The lowest BCUT2D eigenvalue weighted by Gasteiger charge is -2.28. The number of hydrogen-bond donors (Lipinski definition) is 1. The van der Waals surface area contributed by atoms with Crippen LogP contribution in [-0.4, -0.2) is 25.9 Å². The van der Waals surface area contributed by atoms with Crippen LogP contribution >= 0.6 is 0 Å². The Kier molecular flexibility index (Phi) is 5.67. The number of methoxy groups -OCH3 is 1. The third-order valence-corrected chi connectivity index (χ3v) is 3.83. The first kappa shape index (κ1) is 14.4. The maximum absolute atomic E-state index is 5.96. The van der Waals surface area contributed by atoms with Crippen LogP contribution in [0.4, 0.5) is 5.69 Å². The third-order valence-electron chi connectivity index (χ3n) is 3.83. The highest BCUT2D eigenvalue weighted by atomic mass is 16.5. The van der Waals surface area contributed by atoms with E-state index in [-0.39, 0.29) is 0 Å². The lowest BCUT2D eigenvalue weighted by Crippen LogP contribution is -2.27. The molecule has 1 saturated carbocycles. The van der Waals surface area contributed by atoms with Crippen LogP contribution in [0.5, 0.6) is 0 Å². The fourth-order valence-corrected chi connectivity index (χ4v) is 2.74. The maximum Gasteiger partial charge on any atom is 0.0599 e. The van der Waals surface area contributed by atoms with Crippen LogP contribution in [0.2, 0.25) is 0 Å². The van der Waals surface area contributed by atoms with E-state index >= 15 is 0 Å². The van der Waals surface area contributed by atoms with Crippen molar-refractivity contribution in [3.05, 3.63) is 29.8 Å². The molecule has 2 rings (SSSR count). The molecule has 1 aliphatic carbocycles. The largest absolute Gasteiger partial charge is 0.399 e. The van der Waals surface area contributed by atoms with E-state index in [1.807, 2.05) is 18.2 Å². The van der Waals surface area contributed by atoms with Crippen molar-refractivity contribution in [2.24, 2.45) is 0 Å². The average Bonchev–Trinajstić information content (AvgIpc) is 2.44. The van der Waals surface area contributed by atoms with Crippen LogP contribution in [0.25, 0.3) is 0 Å². The van der Waals surface area contributed by atoms with Gasteiger partial charge in [0.1, 0.15) is 0 Å². The monoisotopic (exact) mass is 263 g/mol. The molecule has 3 nitrogen and oxygen atoms in total. The predicted octanol–water partition coefficient (Wildman–Crippen LogP) is 3.18. The Morgan fingerprint density at radius 2 is 2.11 bits per heavy atom. The molecule has 0 aromatic heterocycles. The zero-order valence-corrected chi connectivity index (χ0v) is 11.8. The first-order chi connectivity index (χ1) is 9.28. The molecular weight excluding hydrogens is 238 g/mol. The van der Waals surface area contributed by atoms with Crippen LogP contribution in [0.3, 0.4) is 0 Å². The Morgan fingerprint density at radius 3 is 2.89 bits per heavy atom. The topological polar surface area (TPSA) is 44.5 Å². The minimum atomic E-state index is 0.388. The van der Waals surface area contributed by atoms with Crippen molar-refractivity contribution in [1.82, 2.24) is 0 Å². The molecule has 1 aliphatic rings. The van der Waals surface area contributed by atoms with Gasteiger partial charge < -0.3 is 15.2 Å². The van der Waals surface area contributed by atoms with Crippen molar-refractivity contribution in [3.8, 4) is 0 Å². The van der Waals surface area contributed by atoms with Gasteiger partial charge in [0, 0.05) is 19.4 Å². The fraction of sp³-hybridized carbons (Fsp3) is 0.625. The van der Waals surface area contributed by atoms with Gasteiger partial charge in [0.2, 0.25) is 0 Å². The van der Waals surface area contributed by atoms with Crippen molar-refractivity contribution in [2.45, 2.75) is 50.7 Å². The van der Waals surface area contributed by atoms with E-state index in [0.717, 1.165) is 31.6 Å².